The van der Waals surface area contributed by atoms with Crippen molar-refractivity contribution in [3.05, 3.63) is 0 Å². The lowest BCUT2D eigenvalue weighted by atomic mass is 10.2. The average molecular weight is 213 g/mol. The fourth-order valence-electron chi connectivity index (χ4n) is 1.93. The number of hydrogen-bond donors (Lipinski definition) is 2. The van der Waals surface area contributed by atoms with Crippen LogP contribution in [0, 0.1) is 5.41 Å². The maximum atomic E-state index is 7.13. The summed E-state index contributed by atoms with van der Waals surface area (Å²) < 4.78 is 5.58. The van der Waals surface area contributed by atoms with E-state index < -0.39 is 0 Å². The molecule has 0 aromatic heterocycles. The van der Waals surface area contributed by atoms with E-state index in [0.717, 1.165) is 51.9 Å². The Hall–Kier alpha value is -0.610. The van der Waals surface area contributed by atoms with E-state index in [1.807, 2.05) is 0 Å². The van der Waals surface area contributed by atoms with Crippen molar-refractivity contribution in [2.75, 3.05) is 26.2 Å². The van der Waals surface area contributed by atoms with Crippen LogP contribution in [0.4, 0.5) is 0 Å². The second kappa shape index (κ2) is 6.80. The van der Waals surface area contributed by atoms with Crippen molar-refractivity contribution in [3.63, 3.8) is 0 Å². The molecule has 1 heterocycles. The van der Waals surface area contributed by atoms with Gasteiger partial charge in [-0.2, -0.15) is 0 Å². The van der Waals surface area contributed by atoms with E-state index in [-0.39, 0.29) is 0 Å². The first-order chi connectivity index (χ1) is 7.18. The molecule has 15 heavy (non-hydrogen) atoms. The van der Waals surface area contributed by atoms with Crippen LogP contribution in [-0.2, 0) is 4.74 Å². The van der Waals surface area contributed by atoms with Crippen LogP contribution in [0.15, 0.2) is 0 Å². The van der Waals surface area contributed by atoms with E-state index in [1.54, 1.807) is 0 Å². The smallest absolute Gasteiger partial charge is 0.0905 e. The molecule has 0 spiro atoms. The van der Waals surface area contributed by atoms with Crippen molar-refractivity contribution in [2.45, 2.75) is 38.7 Å². The van der Waals surface area contributed by atoms with Crippen LogP contribution < -0.4 is 5.73 Å². The van der Waals surface area contributed by atoms with Gasteiger partial charge < -0.3 is 15.4 Å². The molecule has 1 aliphatic rings. The number of unbranched alkanes of at least 4 members (excludes halogenated alkanes) is 1. The normalized spacial score (nSPS) is 23.7. The fourth-order valence-corrected chi connectivity index (χ4v) is 1.93. The molecular formula is C11H23N3O. The Morgan fingerprint density at radius 3 is 3.07 bits per heavy atom. The van der Waals surface area contributed by atoms with E-state index in [1.165, 1.54) is 0 Å². The minimum atomic E-state index is 0.308. The molecule has 1 rings (SSSR count). The second-order valence-corrected chi connectivity index (χ2v) is 4.32. The zero-order valence-electron chi connectivity index (χ0n) is 9.67. The summed E-state index contributed by atoms with van der Waals surface area (Å²) in [4.78, 5) is 2.46. The molecule has 0 saturated carbocycles. The number of amidine groups is 1. The fraction of sp³-hybridized carbons (Fsp3) is 0.909. The third-order valence-electron chi connectivity index (χ3n) is 2.71. The topological polar surface area (TPSA) is 62.3 Å². The van der Waals surface area contributed by atoms with Gasteiger partial charge in [-0.05, 0) is 32.7 Å². The zero-order chi connectivity index (χ0) is 11.1. The summed E-state index contributed by atoms with van der Waals surface area (Å²) in [5.74, 6) is 0.308. The van der Waals surface area contributed by atoms with Crippen LogP contribution in [0.25, 0.3) is 0 Å². The summed E-state index contributed by atoms with van der Waals surface area (Å²) in [6, 6.07) is 0. The van der Waals surface area contributed by atoms with Crippen LogP contribution in [0.1, 0.15) is 32.6 Å². The van der Waals surface area contributed by atoms with Gasteiger partial charge in [-0.15, -0.1) is 0 Å². The molecule has 0 aliphatic carbocycles. The van der Waals surface area contributed by atoms with Gasteiger partial charge in [0.15, 0.2) is 0 Å². The molecule has 1 atom stereocenters. The summed E-state index contributed by atoms with van der Waals surface area (Å²) in [5.41, 5.74) is 5.31. The summed E-state index contributed by atoms with van der Waals surface area (Å²) in [7, 11) is 0. The number of rotatable bonds is 5. The van der Waals surface area contributed by atoms with Gasteiger partial charge in [0.25, 0.3) is 0 Å². The molecule has 4 nitrogen and oxygen atoms in total. The van der Waals surface area contributed by atoms with Gasteiger partial charge in [0, 0.05) is 26.1 Å². The zero-order valence-corrected chi connectivity index (χ0v) is 9.67. The van der Waals surface area contributed by atoms with Crippen molar-refractivity contribution >= 4 is 5.84 Å². The molecule has 1 saturated heterocycles. The van der Waals surface area contributed by atoms with E-state index in [4.69, 9.17) is 15.9 Å². The molecule has 3 N–H and O–H groups in total. The lowest BCUT2D eigenvalue weighted by Gasteiger charge is -2.21. The Morgan fingerprint density at radius 1 is 1.53 bits per heavy atom. The SMILES string of the molecule is CC1CN(CCCCC(=N)N)CCCO1. The molecule has 0 radical (unpaired) electrons. The van der Waals surface area contributed by atoms with Crippen molar-refractivity contribution in [3.8, 4) is 0 Å². The van der Waals surface area contributed by atoms with E-state index >= 15 is 0 Å². The number of nitrogens with zero attached hydrogens (tertiary/aromatic N) is 1. The number of nitrogens with one attached hydrogen (secondary N) is 1. The molecule has 1 unspecified atom stereocenters. The summed E-state index contributed by atoms with van der Waals surface area (Å²) in [6.07, 6.45) is 4.39. The molecule has 0 aromatic carbocycles. The van der Waals surface area contributed by atoms with Crippen molar-refractivity contribution in [1.29, 1.82) is 5.41 Å². The van der Waals surface area contributed by atoms with Crippen molar-refractivity contribution in [2.24, 2.45) is 5.73 Å². The van der Waals surface area contributed by atoms with Gasteiger partial charge in [0.1, 0.15) is 0 Å². The molecule has 4 heteroatoms. The first-order valence-corrected chi connectivity index (χ1v) is 5.85. The maximum Gasteiger partial charge on any atom is 0.0905 e. The molecule has 1 fully saturated rings. The lowest BCUT2D eigenvalue weighted by Crippen LogP contribution is -2.31. The molecular weight excluding hydrogens is 190 g/mol. The molecule has 1 aliphatic heterocycles. The highest BCUT2D eigenvalue weighted by Gasteiger charge is 2.13. The standard InChI is InChI=1S/C11H23N3O/c1-10-9-14(7-4-8-15-10)6-3-2-5-11(12)13/h10H,2-9H2,1H3,(H3,12,13). The first kappa shape index (κ1) is 12.5. The third-order valence-corrected chi connectivity index (χ3v) is 2.71. The lowest BCUT2D eigenvalue weighted by molar-refractivity contribution is 0.0676. The highest BCUT2D eigenvalue weighted by molar-refractivity contribution is 5.76. The highest BCUT2D eigenvalue weighted by Crippen LogP contribution is 2.07. The average Bonchev–Trinajstić information content (AvgIpc) is 2.37. The Bertz CT molecular complexity index is 196. The van der Waals surface area contributed by atoms with Gasteiger partial charge in [-0.3, -0.25) is 5.41 Å². The van der Waals surface area contributed by atoms with E-state index in [0.29, 0.717) is 11.9 Å². The largest absolute Gasteiger partial charge is 0.388 e. The second-order valence-electron chi connectivity index (χ2n) is 4.32. The van der Waals surface area contributed by atoms with E-state index in [9.17, 15) is 0 Å². The number of ether oxygens (including phenoxy) is 1. The summed E-state index contributed by atoms with van der Waals surface area (Å²) >= 11 is 0. The monoisotopic (exact) mass is 213 g/mol. The predicted octanol–water partition coefficient (Wildman–Crippen LogP) is 1.20. The minimum absolute atomic E-state index is 0.308. The third kappa shape index (κ3) is 5.74. The Balaban J connectivity index is 2.11. The quantitative estimate of drug-likeness (QED) is 0.410. The summed E-state index contributed by atoms with van der Waals surface area (Å²) in [6.45, 7) is 6.32. The van der Waals surface area contributed by atoms with Crippen LogP contribution >= 0.6 is 0 Å². The van der Waals surface area contributed by atoms with Gasteiger partial charge in [-0.25, -0.2) is 0 Å². The van der Waals surface area contributed by atoms with Crippen molar-refractivity contribution < 1.29 is 4.74 Å². The Labute approximate surface area is 92.3 Å². The predicted molar refractivity (Wildman–Crippen MR) is 62.2 cm³/mol. The van der Waals surface area contributed by atoms with Gasteiger partial charge in [-0.1, -0.05) is 0 Å². The van der Waals surface area contributed by atoms with Gasteiger partial charge in [0.05, 0.1) is 11.9 Å². The Morgan fingerprint density at radius 2 is 2.33 bits per heavy atom. The maximum absolute atomic E-state index is 7.13. The van der Waals surface area contributed by atoms with Gasteiger partial charge >= 0.3 is 0 Å². The van der Waals surface area contributed by atoms with Gasteiger partial charge in [0.2, 0.25) is 0 Å². The molecule has 0 aromatic rings. The molecule has 0 bridgehead atoms. The van der Waals surface area contributed by atoms with E-state index in [2.05, 4.69) is 11.8 Å². The number of hydrogen-bond acceptors (Lipinski definition) is 3. The van der Waals surface area contributed by atoms with Crippen LogP contribution in [0.2, 0.25) is 0 Å². The van der Waals surface area contributed by atoms with Crippen LogP contribution in [0.3, 0.4) is 0 Å². The Kier molecular flexibility index (Phi) is 5.65. The van der Waals surface area contributed by atoms with Crippen LogP contribution in [-0.4, -0.2) is 43.1 Å². The van der Waals surface area contributed by atoms with Crippen molar-refractivity contribution in [1.82, 2.24) is 4.90 Å². The number of nitrogens with two attached hydrogens (primary N) is 1. The van der Waals surface area contributed by atoms with Crippen LogP contribution in [0.5, 0.6) is 0 Å². The highest BCUT2D eigenvalue weighted by atomic mass is 16.5. The summed E-state index contributed by atoms with van der Waals surface area (Å²) in [5, 5.41) is 7.13. The first-order valence-electron chi connectivity index (χ1n) is 5.85. The molecule has 88 valence electrons. The molecule has 0 amide bonds. The minimum Gasteiger partial charge on any atom is -0.388 e.